The predicted molar refractivity (Wildman–Crippen MR) is 52.0 cm³/mol. The van der Waals surface area contributed by atoms with Crippen molar-refractivity contribution in [3.05, 3.63) is 41.7 Å². The largest absolute Gasteiger partial charge is 0.396 e. The SMILES string of the molecule is C=Cc1cccc(C(C)CO)c1F. The summed E-state index contributed by atoms with van der Waals surface area (Å²) in [6.45, 7) is 5.25. The van der Waals surface area contributed by atoms with E-state index in [-0.39, 0.29) is 18.3 Å². The number of rotatable bonds is 3. The molecule has 0 saturated carbocycles. The van der Waals surface area contributed by atoms with Gasteiger partial charge in [-0.25, -0.2) is 4.39 Å². The zero-order valence-corrected chi connectivity index (χ0v) is 7.63. The van der Waals surface area contributed by atoms with Crippen molar-refractivity contribution in [2.75, 3.05) is 6.61 Å². The van der Waals surface area contributed by atoms with Gasteiger partial charge in [0.05, 0.1) is 0 Å². The molecular formula is C11H13FO. The lowest BCUT2D eigenvalue weighted by Gasteiger charge is -2.10. The van der Waals surface area contributed by atoms with E-state index < -0.39 is 0 Å². The van der Waals surface area contributed by atoms with Crippen molar-refractivity contribution >= 4 is 6.08 Å². The number of aliphatic hydroxyl groups excluding tert-OH is 1. The van der Waals surface area contributed by atoms with Gasteiger partial charge >= 0.3 is 0 Å². The summed E-state index contributed by atoms with van der Waals surface area (Å²) in [4.78, 5) is 0. The molecule has 1 nitrogen and oxygen atoms in total. The van der Waals surface area contributed by atoms with E-state index in [2.05, 4.69) is 6.58 Å². The number of halogens is 1. The van der Waals surface area contributed by atoms with Gasteiger partial charge in [0.2, 0.25) is 0 Å². The standard InChI is InChI=1S/C11H13FO/c1-3-9-5-4-6-10(11(9)12)8(2)7-13/h3-6,8,13H,1,7H2,2H3. The summed E-state index contributed by atoms with van der Waals surface area (Å²) >= 11 is 0. The van der Waals surface area contributed by atoms with E-state index in [9.17, 15) is 4.39 Å². The molecule has 2 heteroatoms. The molecule has 1 rings (SSSR count). The summed E-state index contributed by atoms with van der Waals surface area (Å²) in [6.07, 6.45) is 1.48. The molecule has 0 fully saturated rings. The monoisotopic (exact) mass is 180 g/mol. The Morgan fingerprint density at radius 2 is 2.31 bits per heavy atom. The van der Waals surface area contributed by atoms with Crippen LogP contribution in [-0.2, 0) is 0 Å². The molecule has 0 amide bonds. The van der Waals surface area contributed by atoms with E-state index in [1.54, 1.807) is 25.1 Å². The van der Waals surface area contributed by atoms with Gasteiger partial charge in [-0.15, -0.1) is 0 Å². The van der Waals surface area contributed by atoms with Crippen LogP contribution in [0.3, 0.4) is 0 Å². The van der Waals surface area contributed by atoms with Crippen molar-refractivity contribution in [2.45, 2.75) is 12.8 Å². The molecule has 0 radical (unpaired) electrons. The van der Waals surface area contributed by atoms with Crippen LogP contribution in [0, 0.1) is 5.82 Å². The summed E-state index contributed by atoms with van der Waals surface area (Å²) in [5, 5.41) is 8.88. The molecule has 0 aromatic heterocycles. The summed E-state index contributed by atoms with van der Waals surface area (Å²) < 4.78 is 13.5. The normalized spacial score (nSPS) is 12.5. The third-order valence-corrected chi connectivity index (χ3v) is 2.08. The van der Waals surface area contributed by atoms with E-state index in [4.69, 9.17) is 5.11 Å². The van der Waals surface area contributed by atoms with Crippen LogP contribution in [-0.4, -0.2) is 11.7 Å². The summed E-state index contributed by atoms with van der Waals surface area (Å²) in [5.74, 6) is -0.445. The Hall–Kier alpha value is -1.15. The smallest absolute Gasteiger partial charge is 0.133 e. The second-order valence-corrected chi connectivity index (χ2v) is 3.04. The first-order valence-corrected chi connectivity index (χ1v) is 4.22. The Balaban J connectivity index is 3.15. The average molecular weight is 180 g/mol. The van der Waals surface area contributed by atoms with Crippen LogP contribution in [0.1, 0.15) is 24.0 Å². The van der Waals surface area contributed by atoms with Crippen molar-refractivity contribution in [3.63, 3.8) is 0 Å². The van der Waals surface area contributed by atoms with Crippen molar-refractivity contribution in [3.8, 4) is 0 Å². The van der Waals surface area contributed by atoms with Gasteiger partial charge in [-0.1, -0.05) is 37.8 Å². The van der Waals surface area contributed by atoms with Crippen molar-refractivity contribution in [1.29, 1.82) is 0 Å². The highest BCUT2D eigenvalue weighted by Crippen LogP contribution is 2.21. The minimum atomic E-state index is -0.279. The first kappa shape index (κ1) is 9.93. The molecule has 13 heavy (non-hydrogen) atoms. The maximum absolute atomic E-state index is 13.5. The molecule has 0 spiro atoms. The van der Waals surface area contributed by atoms with Crippen LogP contribution in [0.5, 0.6) is 0 Å². The topological polar surface area (TPSA) is 20.2 Å². The lowest BCUT2D eigenvalue weighted by Crippen LogP contribution is -2.02. The third kappa shape index (κ3) is 1.95. The first-order valence-electron chi connectivity index (χ1n) is 4.22. The fourth-order valence-corrected chi connectivity index (χ4v) is 1.21. The summed E-state index contributed by atoms with van der Waals surface area (Å²) in [6, 6.07) is 5.11. The van der Waals surface area contributed by atoms with Gasteiger partial charge < -0.3 is 5.11 Å². The fraction of sp³-hybridized carbons (Fsp3) is 0.273. The Labute approximate surface area is 77.5 Å². The van der Waals surface area contributed by atoms with Gasteiger partial charge in [0, 0.05) is 18.1 Å². The molecule has 0 bridgehead atoms. The average Bonchev–Trinajstić information content (AvgIpc) is 2.17. The Morgan fingerprint density at radius 1 is 1.62 bits per heavy atom. The highest BCUT2D eigenvalue weighted by atomic mass is 19.1. The highest BCUT2D eigenvalue weighted by molar-refractivity contribution is 5.49. The first-order chi connectivity index (χ1) is 6.20. The minimum Gasteiger partial charge on any atom is -0.396 e. The van der Waals surface area contributed by atoms with Gasteiger partial charge in [-0.3, -0.25) is 0 Å². The second kappa shape index (κ2) is 4.19. The van der Waals surface area contributed by atoms with Gasteiger partial charge in [0.15, 0.2) is 0 Å². The molecule has 1 unspecified atom stereocenters. The van der Waals surface area contributed by atoms with E-state index in [0.29, 0.717) is 11.1 Å². The van der Waals surface area contributed by atoms with E-state index >= 15 is 0 Å². The van der Waals surface area contributed by atoms with E-state index in [1.807, 2.05) is 0 Å². The molecule has 0 heterocycles. The lowest BCUT2D eigenvalue weighted by atomic mass is 9.99. The van der Waals surface area contributed by atoms with E-state index in [0.717, 1.165) is 0 Å². The lowest BCUT2D eigenvalue weighted by molar-refractivity contribution is 0.270. The Kier molecular flexibility index (Phi) is 3.20. The molecule has 70 valence electrons. The predicted octanol–water partition coefficient (Wildman–Crippen LogP) is 2.56. The minimum absolute atomic E-state index is 0.0441. The number of hydrogen-bond acceptors (Lipinski definition) is 1. The van der Waals surface area contributed by atoms with Crippen LogP contribution in [0.2, 0.25) is 0 Å². The van der Waals surface area contributed by atoms with Crippen LogP contribution < -0.4 is 0 Å². The molecule has 1 N–H and O–H groups in total. The second-order valence-electron chi connectivity index (χ2n) is 3.04. The molecule has 1 atom stereocenters. The zero-order valence-electron chi connectivity index (χ0n) is 7.63. The van der Waals surface area contributed by atoms with E-state index in [1.165, 1.54) is 6.08 Å². The molecule has 1 aromatic carbocycles. The van der Waals surface area contributed by atoms with Crippen LogP contribution >= 0.6 is 0 Å². The quantitative estimate of drug-likeness (QED) is 0.758. The van der Waals surface area contributed by atoms with Crippen LogP contribution in [0.25, 0.3) is 6.08 Å². The maximum Gasteiger partial charge on any atom is 0.133 e. The molecule has 0 aliphatic rings. The molecular weight excluding hydrogens is 167 g/mol. The van der Waals surface area contributed by atoms with Crippen molar-refractivity contribution in [1.82, 2.24) is 0 Å². The highest BCUT2D eigenvalue weighted by Gasteiger charge is 2.11. The molecule has 0 aliphatic heterocycles. The Bertz CT molecular complexity index is 307. The van der Waals surface area contributed by atoms with Gasteiger partial charge in [-0.05, 0) is 5.56 Å². The van der Waals surface area contributed by atoms with Gasteiger partial charge in [-0.2, -0.15) is 0 Å². The van der Waals surface area contributed by atoms with Crippen molar-refractivity contribution in [2.24, 2.45) is 0 Å². The third-order valence-electron chi connectivity index (χ3n) is 2.08. The fourth-order valence-electron chi connectivity index (χ4n) is 1.21. The maximum atomic E-state index is 13.5. The molecule has 0 saturated heterocycles. The van der Waals surface area contributed by atoms with Crippen LogP contribution in [0.15, 0.2) is 24.8 Å². The molecule has 0 aliphatic carbocycles. The van der Waals surface area contributed by atoms with Crippen LogP contribution in [0.4, 0.5) is 4.39 Å². The van der Waals surface area contributed by atoms with Gasteiger partial charge in [0.1, 0.15) is 5.82 Å². The summed E-state index contributed by atoms with van der Waals surface area (Å²) in [7, 11) is 0. The number of aliphatic hydroxyl groups is 1. The zero-order chi connectivity index (χ0) is 9.84. The number of benzene rings is 1. The molecule has 1 aromatic rings. The van der Waals surface area contributed by atoms with Crippen molar-refractivity contribution < 1.29 is 9.50 Å². The number of hydrogen-bond donors (Lipinski definition) is 1. The summed E-state index contributed by atoms with van der Waals surface area (Å²) in [5.41, 5.74) is 1.03. The van der Waals surface area contributed by atoms with Gasteiger partial charge in [0.25, 0.3) is 0 Å². The Morgan fingerprint density at radius 3 is 2.85 bits per heavy atom.